The standard InChI is InChI=1S/C16H17N3O5S/c1-3-14(20)19(16(22)17-4-2)12-7-5-6-11(10-12)15(21)18-25(23,24)13-8-9-13/h3-7,10,13H,1-2,8-9H2,(H,17,22)(H,18,21). The van der Waals surface area contributed by atoms with Crippen LogP contribution in [0.5, 0.6) is 0 Å². The van der Waals surface area contributed by atoms with E-state index in [1.807, 2.05) is 4.72 Å². The summed E-state index contributed by atoms with van der Waals surface area (Å²) >= 11 is 0. The molecule has 1 fully saturated rings. The molecule has 1 aliphatic carbocycles. The summed E-state index contributed by atoms with van der Waals surface area (Å²) < 4.78 is 25.7. The number of benzene rings is 1. The fraction of sp³-hybridized carbons (Fsp3) is 0.188. The van der Waals surface area contributed by atoms with Gasteiger partial charge in [-0.15, -0.1) is 0 Å². The average Bonchev–Trinajstić information content (AvgIpc) is 3.40. The van der Waals surface area contributed by atoms with Gasteiger partial charge in [0.25, 0.3) is 11.8 Å². The molecule has 1 aromatic rings. The fourth-order valence-corrected chi connectivity index (χ4v) is 3.32. The number of hydrogen-bond donors (Lipinski definition) is 2. The molecule has 0 saturated heterocycles. The van der Waals surface area contributed by atoms with E-state index >= 15 is 0 Å². The van der Waals surface area contributed by atoms with E-state index < -0.39 is 33.1 Å². The molecule has 0 bridgehead atoms. The number of amides is 4. The van der Waals surface area contributed by atoms with Crippen molar-refractivity contribution in [2.75, 3.05) is 4.90 Å². The second-order valence-corrected chi connectivity index (χ2v) is 7.22. The van der Waals surface area contributed by atoms with Crippen LogP contribution in [0.2, 0.25) is 0 Å². The third kappa shape index (κ3) is 4.32. The minimum Gasteiger partial charge on any atom is -0.314 e. The number of sulfonamides is 1. The van der Waals surface area contributed by atoms with Gasteiger partial charge in [-0.3, -0.25) is 9.59 Å². The molecule has 4 amide bonds. The zero-order valence-electron chi connectivity index (χ0n) is 13.3. The van der Waals surface area contributed by atoms with E-state index in [0.29, 0.717) is 12.8 Å². The summed E-state index contributed by atoms with van der Waals surface area (Å²) in [6.07, 6.45) is 3.08. The van der Waals surface area contributed by atoms with E-state index in [0.717, 1.165) is 17.2 Å². The number of nitrogens with one attached hydrogen (secondary N) is 2. The Morgan fingerprint density at radius 2 is 1.88 bits per heavy atom. The van der Waals surface area contributed by atoms with E-state index in [1.165, 1.54) is 24.3 Å². The van der Waals surface area contributed by atoms with Crippen LogP contribution in [0.1, 0.15) is 23.2 Å². The van der Waals surface area contributed by atoms with E-state index in [1.54, 1.807) is 0 Å². The van der Waals surface area contributed by atoms with Gasteiger partial charge in [0, 0.05) is 5.56 Å². The lowest BCUT2D eigenvalue weighted by atomic mass is 10.2. The number of anilines is 1. The van der Waals surface area contributed by atoms with Crippen molar-refractivity contribution in [1.29, 1.82) is 0 Å². The van der Waals surface area contributed by atoms with Crippen molar-refractivity contribution in [1.82, 2.24) is 10.0 Å². The maximum Gasteiger partial charge on any atom is 0.332 e. The van der Waals surface area contributed by atoms with Crippen molar-refractivity contribution in [2.45, 2.75) is 18.1 Å². The van der Waals surface area contributed by atoms with Crippen LogP contribution in [-0.4, -0.2) is 31.5 Å². The van der Waals surface area contributed by atoms with Crippen molar-refractivity contribution in [3.8, 4) is 0 Å². The average molecular weight is 363 g/mol. The molecule has 8 nitrogen and oxygen atoms in total. The molecule has 1 saturated carbocycles. The third-order valence-electron chi connectivity index (χ3n) is 3.39. The van der Waals surface area contributed by atoms with Crippen LogP contribution in [0.25, 0.3) is 0 Å². The Balaban J connectivity index is 2.30. The van der Waals surface area contributed by atoms with Gasteiger partial charge >= 0.3 is 6.03 Å². The number of urea groups is 1. The first-order valence-electron chi connectivity index (χ1n) is 7.34. The highest BCUT2D eigenvalue weighted by molar-refractivity contribution is 7.91. The summed E-state index contributed by atoms with van der Waals surface area (Å²) in [5, 5.41) is 1.71. The summed E-state index contributed by atoms with van der Waals surface area (Å²) in [4.78, 5) is 36.9. The molecule has 2 N–H and O–H groups in total. The molecule has 1 aliphatic rings. The first-order chi connectivity index (χ1) is 11.8. The van der Waals surface area contributed by atoms with Crippen LogP contribution >= 0.6 is 0 Å². The van der Waals surface area contributed by atoms with Crippen molar-refractivity contribution >= 4 is 33.6 Å². The van der Waals surface area contributed by atoms with Gasteiger partial charge < -0.3 is 5.32 Å². The number of imide groups is 1. The highest BCUT2D eigenvalue weighted by Gasteiger charge is 2.37. The van der Waals surface area contributed by atoms with Crippen molar-refractivity contribution in [2.24, 2.45) is 0 Å². The van der Waals surface area contributed by atoms with Crippen molar-refractivity contribution < 1.29 is 22.8 Å². The highest BCUT2D eigenvalue weighted by atomic mass is 32.2. The molecule has 25 heavy (non-hydrogen) atoms. The van der Waals surface area contributed by atoms with E-state index in [2.05, 4.69) is 18.5 Å². The molecule has 0 aliphatic heterocycles. The van der Waals surface area contributed by atoms with Gasteiger partial charge in [-0.25, -0.2) is 22.8 Å². The first kappa shape index (κ1) is 18.4. The molecule has 0 heterocycles. The maximum atomic E-state index is 12.2. The smallest absolute Gasteiger partial charge is 0.314 e. The summed E-state index contributed by atoms with van der Waals surface area (Å²) in [7, 11) is -3.70. The quantitative estimate of drug-likeness (QED) is 0.739. The molecule has 0 spiro atoms. The Bertz CT molecular complexity index is 843. The second-order valence-electron chi connectivity index (χ2n) is 5.26. The zero-order chi connectivity index (χ0) is 18.6. The Morgan fingerprint density at radius 1 is 1.20 bits per heavy atom. The Morgan fingerprint density at radius 3 is 2.44 bits per heavy atom. The predicted molar refractivity (Wildman–Crippen MR) is 92.3 cm³/mol. The molecule has 9 heteroatoms. The van der Waals surface area contributed by atoms with Gasteiger partial charge in [-0.1, -0.05) is 19.2 Å². The van der Waals surface area contributed by atoms with E-state index in [4.69, 9.17) is 0 Å². The van der Waals surface area contributed by atoms with Gasteiger partial charge in [-0.05, 0) is 43.3 Å². The predicted octanol–water partition coefficient (Wildman–Crippen LogP) is 1.28. The second kappa shape index (κ2) is 7.31. The normalized spacial score (nSPS) is 13.4. The molecular weight excluding hydrogens is 346 g/mol. The number of rotatable bonds is 6. The summed E-state index contributed by atoms with van der Waals surface area (Å²) in [5.74, 6) is -1.55. The largest absolute Gasteiger partial charge is 0.332 e. The lowest BCUT2D eigenvalue weighted by Gasteiger charge is -2.19. The van der Waals surface area contributed by atoms with Crippen LogP contribution in [0.15, 0.2) is 49.7 Å². The van der Waals surface area contributed by atoms with Gasteiger partial charge in [0.15, 0.2) is 0 Å². The molecular formula is C16H17N3O5S. The monoisotopic (exact) mass is 363 g/mol. The van der Waals surface area contributed by atoms with Crippen molar-refractivity contribution in [3.63, 3.8) is 0 Å². The number of carbonyl (C=O) groups excluding carboxylic acids is 3. The van der Waals surface area contributed by atoms with E-state index in [9.17, 15) is 22.8 Å². The summed E-state index contributed by atoms with van der Waals surface area (Å²) in [6.45, 7) is 6.67. The van der Waals surface area contributed by atoms with Crippen LogP contribution in [0.3, 0.4) is 0 Å². The maximum absolute atomic E-state index is 12.2. The van der Waals surface area contributed by atoms with Crippen LogP contribution < -0.4 is 14.9 Å². The number of nitrogens with zero attached hydrogens (tertiary/aromatic N) is 1. The van der Waals surface area contributed by atoms with Gasteiger partial charge in [0.05, 0.1) is 10.9 Å². The topological polar surface area (TPSA) is 113 Å². The number of carbonyl (C=O) groups is 3. The van der Waals surface area contributed by atoms with E-state index in [-0.39, 0.29) is 11.3 Å². The number of hydrogen-bond acceptors (Lipinski definition) is 5. The Hall–Kier alpha value is -2.94. The molecule has 1 aromatic carbocycles. The van der Waals surface area contributed by atoms with Crippen LogP contribution in [0, 0.1) is 0 Å². The lowest BCUT2D eigenvalue weighted by Crippen LogP contribution is -2.41. The van der Waals surface area contributed by atoms with Crippen LogP contribution in [0.4, 0.5) is 10.5 Å². The van der Waals surface area contributed by atoms with Gasteiger partial charge in [0.1, 0.15) is 0 Å². The summed E-state index contributed by atoms with van der Waals surface area (Å²) in [6, 6.07) is 4.68. The van der Waals surface area contributed by atoms with Crippen molar-refractivity contribution in [3.05, 3.63) is 55.3 Å². The molecule has 0 atom stereocenters. The zero-order valence-corrected chi connectivity index (χ0v) is 14.1. The first-order valence-corrected chi connectivity index (χ1v) is 8.88. The fourth-order valence-electron chi connectivity index (χ4n) is 2.02. The lowest BCUT2D eigenvalue weighted by molar-refractivity contribution is -0.113. The SMILES string of the molecule is C=CNC(=O)N(C(=O)C=C)c1cccc(C(=O)NS(=O)(=O)C2CC2)c1. The Labute approximate surface area is 145 Å². The Kier molecular flexibility index (Phi) is 5.38. The minimum atomic E-state index is -3.70. The van der Waals surface area contributed by atoms with Crippen LogP contribution in [-0.2, 0) is 14.8 Å². The molecule has 132 valence electrons. The van der Waals surface area contributed by atoms with Gasteiger partial charge in [-0.2, -0.15) is 0 Å². The summed E-state index contributed by atoms with van der Waals surface area (Å²) in [5.41, 5.74) is 0.0794. The third-order valence-corrected chi connectivity index (χ3v) is 5.21. The molecule has 0 radical (unpaired) electrons. The molecule has 2 rings (SSSR count). The molecule has 0 unspecified atom stereocenters. The highest BCUT2D eigenvalue weighted by Crippen LogP contribution is 2.27. The molecule has 0 aromatic heterocycles. The minimum absolute atomic E-state index is 0.00464. The van der Waals surface area contributed by atoms with Gasteiger partial charge in [0.2, 0.25) is 10.0 Å².